The van der Waals surface area contributed by atoms with E-state index in [1.54, 1.807) is 19.1 Å². The monoisotopic (exact) mass is 334 g/mol. The molecule has 0 bridgehead atoms. The van der Waals surface area contributed by atoms with Crippen LogP contribution >= 0.6 is 15.9 Å². The second kappa shape index (κ2) is 7.22. The molecule has 1 unspecified atom stereocenters. The van der Waals surface area contributed by atoms with Gasteiger partial charge < -0.3 is 9.47 Å². The van der Waals surface area contributed by atoms with Gasteiger partial charge in [-0.1, -0.05) is 46.3 Å². The van der Waals surface area contributed by atoms with Gasteiger partial charge in [-0.05, 0) is 36.8 Å². The van der Waals surface area contributed by atoms with E-state index in [4.69, 9.17) is 9.47 Å². The third kappa shape index (κ3) is 4.47. The summed E-state index contributed by atoms with van der Waals surface area (Å²) in [5.41, 5.74) is 1.02. The summed E-state index contributed by atoms with van der Waals surface area (Å²) in [6.07, 6.45) is -0.612. The minimum Gasteiger partial charge on any atom is -0.425 e. The Bertz CT molecular complexity index is 552. The van der Waals surface area contributed by atoms with Gasteiger partial charge in [0.2, 0.25) is 0 Å². The van der Waals surface area contributed by atoms with Crippen molar-refractivity contribution in [3.8, 4) is 5.75 Å². The summed E-state index contributed by atoms with van der Waals surface area (Å²) in [7, 11) is 0. The third-order valence-electron chi connectivity index (χ3n) is 2.71. The fourth-order valence-electron chi connectivity index (χ4n) is 1.57. The Labute approximate surface area is 126 Å². The lowest BCUT2D eigenvalue weighted by molar-refractivity contribution is -0.147. The van der Waals surface area contributed by atoms with E-state index in [9.17, 15) is 4.79 Å². The molecule has 1 atom stereocenters. The standard InChI is InChI=1S/C16H15BrO3/c1-12(19-11-13-5-3-2-4-6-13)16(18)20-15-9-7-14(17)8-10-15/h2-10,12H,11H2,1H3. The lowest BCUT2D eigenvalue weighted by atomic mass is 10.2. The number of esters is 1. The van der Waals surface area contributed by atoms with Crippen LogP contribution in [-0.4, -0.2) is 12.1 Å². The second-order valence-corrected chi connectivity index (χ2v) is 5.23. The molecule has 104 valence electrons. The molecule has 0 aliphatic carbocycles. The maximum Gasteiger partial charge on any atom is 0.340 e. The van der Waals surface area contributed by atoms with Gasteiger partial charge in [0.1, 0.15) is 5.75 Å². The maximum absolute atomic E-state index is 11.9. The zero-order chi connectivity index (χ0) is 14.4. The highest BCUT2D eigenvalue weighted by molar-refractivity contribution is 9.10. The van der Waals surface area contributed by atoms with Gasteiger partial charge >= 0.3 is 5.97 Å². The Morgan fingerprint density at radius 1 is 1.10 bits per heavy atom. The van der Waals surface area contributed by atoms with Gasteiger partial charge in [0, 0.05) is 4.47 Å². The Morgan fingerprint density at radius 3 is 2.40 bits per heavy atom. The molecule has 2 rings (SSSR count). The van der Waals surface area contributed by atoms with Gasteiger partial charge in [0.25, 0.3) is 0 Å². The molecule has 2 aromatic carbocycles. The van der Waals surface area contributed by atoms with Gasteiger partial charge in [-0.2, -0.15) is 0 Å². The zero-order valence-electron chi connectivity index (χ0n) is 11.1. The molecular formula is C16H15BrO3. The van der Waals surface area contributed by atoms with Crippen LogP contribution in [0.1, 0.15) is 12.5 Å². The summed E-state index contributed by atoms with van der Waals surface area (Å²) in [6, 6.07) is 16.8. The molecular weight excluding hydrogens is 320 g/mol. The summed E-state index contributed by atoms with van der Waals surface area (Å²) >= 11 is 3.33. The first-order valence-corrected chi connectivity index (χ1v) is 7.07. The zero-order valence-corrected chi connectivity index (χ0v) is 12.7. The van der Waals surface area contributed by atoms with E-state index in [1.807, 2.05) is 42.5 Å². The predicted octanol–water partition coefficient (Wildman–Crippen LogP) is 3.96. The number of halogens is 1. The SMILES string of the molecule is CC(OCc1ccccc1)C(=O)Oc1ccc(Br)cc1. The van der Waals surface area contributed by atoms with Crippen LogP contribution in [0, 0.1) is 0 Å². The molecule has 0 spiro atoms. The first kappa shape index (κ1) is 14.8. The highest BCUT2D eigenvalue weighted by Gasteiger charge is 2.16. The lowest BCUT2D eigenvalue weighted by Gasteiger charge is -2.12. The number of carbonyl (C=O) groups excluding carboxylic acids is 1. The largest absolute Gasteiger partial charge is 0.425 e. The second-order valence-electron chi connectivity index (χ2n) is 4.31. The van der Waals surface area contributed by atoms with Crippen LogP contribution in [0.15, 0.2) is 59.1 Å². The minimum atomic E-state index is -0.612. The minimum absolute atomic E-state index is 0.386. The van der Waals surface area contributed by atoms with Crippen LogP contribution in [0.2, 0.25) is 0 Å². The topological polar surface area (TPSA) is 35.5 Å². The molecule has 0 amide bonds. The third-order valence-corrected chi connectivity index (χ3v) is 3.24. The quantitative estimate of drug-likeness (QED) is 0.613. The van der Waals surface area contributed by atoms with E-state index in [-0.39, 0.29) is 0 Å². The van der Waals surface area contributed by atoms with Crippen molar-refractivity contribution in [2.24, 2.45) is 0 Å². The normalized spacial score (nSPS) is 11.9. The summed E-state index contributed by atoms with van der Waals surface area (Å²) in [4.78, 5) is 11.9. The van der Waals surface area contributed by atoms with Crippen LogP contribution in [0.5, 0.6) is 5.75 Å². The highest BCUT2D eigenvalue weighted by Crippen LogP contribution is 2.17. The molecule has 20 heavy (non-hydrogen) atoms. The van der Waals surface area contributed by atoms with E-state index >= 15 is 0 Å². The van der Waals surface area contributed by atoms with E-state index in [2.05, 4.69) is 15.9 Å². The number of benzene rings is 2. The van der Waals surface area contributed by atoms with Crippen molar-refractivity contribution in [2.75, 3.05) is 0 Å². The number of carbonyl (C=O) groups is 1. The average Bonchev–Trinajstić information content (AvgIpc) is 2.48. The number of ether oxygens (including phenoxy) is 2. The molecule has 0 heterocycles. The molecule has 0 saturated carbocycles. The summed E-state index contributed by atoms with van der Waals surface area (Å²) in [5, 5.41) is 0. The smallest absolute Gasteiger partial charge is 0.340 e. The fraction of sp³-hybridized carbons (Fsp3) is 0.188. The van der Waals surface area contributed by atoms with E-state index in [0.717, 1.165) is 10.0 Å². The van der Waals surface area contributed by atoms with E-state index < -0.39 is 12.1 Å². The Morgan fingerprint density at radius 2 is 1.75 bits per heavy atom. The van der Waals surface area contributed by atoms with Crippen LogP contribution in [0.4, 0.5) is 0 Å². The molecule has 3 nitrogen and oxygen atoms in total. The Hall–Kier alpha value is -1.65. The molecule has 0 aliphatic rings. The van der Waals surface area contributed by atoms with Crippen molar-refractivity contribution >= 4 is 21.9 Å². The molecule has 0 saturated heterocycles. The van der Waals surface area contributed by atoms with Crippen LogP contribution in [-0.2, 0) is 16.1 Å². The van der Waals surface area contributed by atoms with Gasteiger partial charge in [-0.25, -0.2) is 4.79 Å². The molecule has 0 N–H and O–H groups in total. The summed E-state index contributed by atoms with van der Waals surface area (Å²) in [6.45, 7) is 2.07. The lowest BCUT2D eigenvalue weighted by Crippen LogP contribution is -2.25. The Balaban J connectivity index is 1.84. The molecule has 0 radical (unpaired) electrons. The summed E-state index contributed by atoms with van der Waals surface area (Å²) < 4.78 is 11.7. The van der Waals surface area contributed by atoms with Crippen molar-refractivity contribution in [3.63, 3.8) is 0 Å². The van der Waals surface area contributed by atoms with Crippen molar-refractivity contribution < 1.29 is 14.3 Å². The first-order chi connectivity index (χ1) is 9.65. The van der Waals surface area contributed by atoms with E-state index in [0.29, 0.717) is 12.4 Å². The van der Waals surface area contributed by atoms with Gasteiger partial charge in [0.15, 0.2) is 6.10 Å². The van der Waals surface area contributed by atoms with Gasteiger partial charge in [-0.3, -0.25) is 0 Å². The van der Waals surface area contributed by atoms with Crippen molar-refractivity contribution in [1.29, 1.82) is 0 Å². The van der Waals surface area contributed by atoms with Crippen LogP contribution in [0.25, 0.3) is 0 Å². The number of hydrogen-bond acceptors (Lipinski definition) is 3. The molecule has 0 fully saturated rings. The van der Waals surface area contributed by atoms with Crippen LogP contribution < -0.4 is 4.74 Å². The highest BCUT2D eigenvalue weighted by atomic mass is 79.9. The number of hydrogen-bond donors (Lipinski definition) is 0. The van der Waals surface area contributed by atoms with Crippen LogP contribution in [0.3, 0.4) is 0 Å². The van der Waals surface area contributed by atoms with Gasteiger partial charge in [-0.15, -0.1) is 0 Å². The fourth-order valence-corrected chi connectivity index (χ4v) is 1.83. The average molecular weight is 335 g/mol. The predicted molar refractivity (Wildman–Crippen MR) is 80.5 cm³/mol. The molecule has 2 aromatic rings. The van der Waals surface area contributed by atoms with E-state index in [1.165, 1.54) is 0 Å². The van der Waals surface area contributed by atoms with Crippen molar-refractivity contribution in [2.45, 2.75) is 19.6 Å². The maximum atomic E-state index is 11.9. The summed E-state index contributed by atoms with van der Waals surface area (Å²) in [5.74, 6) is 0.108. The Kier molecular flexibility index (Phi) is 5.32. The number of rotatable bonds is 5. The van der Waals surface area contributed by atoms with Crippen molar-refractivity contribution in [3.05, 3.63) is 64.6 Å². The molecule has 0 aromatic heterocycles. The van der Waals surface area contributed by atoms with Gasteiger partial charge in [0.05, 0.1) is 6.61 Å². The molecule has 4 heteroatoms. The first-order valence-electron chi connectivity index (χ1n) is 6.28. The molecule has 0 aliphatic heterocycles. The van der Waals surface area contributed by atoms with Crippen molar-refractivity contribution in [1.82, 2.24) is 0 Å².